The Morgan fingerprint density at radius 1 is 1.17 bits per heavy atom. The third-order valence-corrected chi connectivity index (χ3v) is 4.64. The monoisotopic (exact) mass is 240 g/mol. The van der Waals surface area contributed by atoms with E-state index in [1.54, 1.807) is 0 Å². The average Bonchev–Trinajstić information content (AvgIpc) is 2.83. The molecule has 1 saturated carbocycles. The van der Waals surface area contributed by atoms with Crippen molar-refractivity contribution in [3.05, 3.63) is 35.4 Å². The number of nitrogens with zero attached hydrogens (tertiary/aromatic N) is 2. The van der Waals surface area contributed by atoms with Gasteiger partial charge < -0.3 is 0 Å². The Hall–Kier alpha value is -1.33. The third-order valence-electron chi connectivity index (χ3n) is 4.64. The van der Waals surface area contributed by atoms with Crippen LogP contribution >= 0.6 is 0 Å². The van der Waals surface area contributed by atoms with E-state index < -0.39 is 0 Å². The van der Waals surface area contributed by atoms with E-state index in [1.165, 1.54) is 44.2 Å². The van der Waals surface area contributed by atoms with E-state index in [1.807, 2.05) is 18.2 Å². The van der Waals surface area contributed by atoms with Crippen LogP contribution in [0.2, 0.25) is 0 Å². The molecule has 0 radical (unpaired) electrons. The first-order chi connectivity index (χ1) is 8.88. The second kappa shape index (κ2) is 5.12. The summed E-state index contributed by atoms with van der Waals surface area (Å²) in [6.07, 6.45) is 6.95. The number of likely N-dealkylation sites (tertiary alicyclic amines) is 1. The van der Waals surface area contributed by atoms with Crippen LogP contribution in [0.5, 0.6) is 0 Å². The maximum atomic E-state index is 9.16. The number of nitriles is 1. The van der Waals surface area contributed by atoms with E-state index in [4.69, 9.17) is 5.26 Å². The van der Waals surface area contributed by atoms with Gasteiger partial charge in [-0.05, 0) is 43.4 Å². The topological polar surface area (TPSA) is 27.0 Å². The Balaban J connectivity index is 1.75. The van der Waals surface area contributed by atoms with Gasteiger partial charge in [0, 0.05) is 12.6 Å². The lowest BCUT2D eigenvalue weighted by Gasteiger charge is -2.31. The molecule has 0 aromatic heterocycles. The Kier molecular flexibility index (Phi) is 3.34. The maximum Gasteiger partial charge on any atom is 0.0995 e. The highest BCUT2D eigenvalue weighted by atomic mass is 15.2. The van der Waals surface area contributed by atoms with Gasteiger partial charge in [-0.2, -0.15) is 5.26 Å². The molecule has 1 aromatic rings. The predicted molar refractivity (Wildman–Crippen MR) is 71.9 cm³/mol. The van der Waals surface area contributed by atoms with Crippen LogP contribution in [0.15, 0.2) is 24.3 Å². The highest BCUT2D eigenvalue weighted by Gasteiger charge is 2.35. The van der Waals surface area contributed by atoms with Gasteiger partial charge in [0.25, 0.3) is 0 Å². The van der Waals surface area contributed by atoms with E-state index in [2.05, 4.69) is 17.0 Å². The van der Waals surface area contributed by atoms with Crippen LogP contribution in [0.25, 0.3) is 0 Å². The Labute approximate surface area is 109 Å². The van der Waals surface area contributed by atoms with Gasteiger partial charge in [0.1, 0.15) is 0 Å². The van der Waals surface area contributed by atoms with Gasteiger partial charge in [-0.3, -0.25) is 4.90 Å². The van der Waals surface area contributed by atoms with Crippen LogP contribution in [-0.4, -0.2) is 17.5 Å². The predicted octanol–water partition coefficient (Wildman–Crippen LogP) is 3.32. The standard InChI is InChI=1S/C16H20N2/c17-11-14-6-1-2-7-15(14)12-18-10-9-13-5-3-4-8-16(13)18/h1-2,6-7,13,16H,3-5,8-10,12H2. The maximum absolute atomic E-state index is 9.16. The van der Waals surface area contributed by atoms with Gasteiger partial charge in [0.2, 0.25) is 0 Å². The molecule has 2 nitrogen and oxygen atoms in total. The first-order valence-corrected chi connectivity index (χ1v) is 7.10. The summed E-state index contributed by atoms with van der Waals surface area (Å²) in [6, 6.07) is 11.1. The van der Waals surface area contributed by atoms with Gasteiger partial charge in [0.05, 0.1) is 11.6 Å². The van der Waals surface area contributed by atoms with E-state index in [-0.39, 0.29) is 0 Å². The Morgan fingerprint density at radius 2 is 2.00 bits per heavy atom. The molecule has 2 aliphatic rings. The summed E-state index contributed by atoms with van der Waals surface area (Å²) in [5.41, 5.74) is 2.04. The molecule has 0 N–H and O–H groups in total. The van der Waals surface area contributed by atoms with Crippen molar-refractivity contribution >= 4 is 0 Å². The smallest absolute Gasteiger partial charge is 0.0995 e. The van der Waals surface area contributed by atoms with Gasteiger partial charge >= 0.3 is 0 Å². The van der Waals surface area contributed by atoms with Crippen LogP contribution in [-0.2, 0) is 6.54 Å². The van der Waals surface area contributed by atoms with Crippen molar-refractivity contribution in [1.82, 2.24) is 4.90 Å². The molecule has 1 aliphatic heterocycles. The van der Waals surface area contributed by atoms with Crippen molar-refractivity contribution in [3.63, 3.8) is 0 Å². The average molecular weight is 240 g/mol. The number of hydrogen-bond acceptors (Lipinski definition) is 2. The van der Waals surface area contributed by atoms with Crippen LogP contribution in [0.3, 0.4) is 0 Å². The molecule has 18 heavy (non-hydrogen) atoms. The molecule has 1 saturated heterocycles. The second-order valence-electron chi connectivity index (χ2n) is 5.64. The molecule has 94 valence electrons. The molecule has 2 atom stereocenters. The Bertz CT molecular complexity index is 460. The van der Waals surface area contributed by atoms with E-state index in [0.29, 0.717) is 0 Å². The summed E-state index contributed by atoms with van der Waals surface area (Å²) in [6.45, 7) is 2.18. The fraction of sp³-hybridized carbons (Fsp3) is 0.562. The summed E-state index contributed by atoms with van der Waals surface area (Å²) in [7, 11) is 0. The van der Waals surface area contributed by atoms with E-state index in [0.717, 1.165) is 24.1 Å². The second-order valence-corrected chi connectivity index (χ2v) is 5.64. The minimum Gasteiger partial charge on any atom is -0.296 e. The van der Waals surface area contributed by atoms with Crippen LogP contribution in [0.4, 0.5) is 0 Å². The molecular formula is C16H20N2. The summed E-state index contributed by atoms with van der Waals surface area (Å²) < 4.78 is 0. The van der Waals surface area contributed by atoms with Gasteiger partial charge in [-0.1, -0.05) is 31.0 Å². The van der Waals surface area contributed by atoms with Crippen molar-refractivity contribution in [2.45, 2.75) is 44.7 Å². The number of benzene rings is 1. The minimum atomic E-state index is 0.783. The molecule has 0 spiro atoms. The van der Waals surface area contributed by atoms with Crippen molar-refractivity contribution in [2.75, 3.05) is 6.54 Å². The van der Waals surface area contributed by atoms with Crippen molar-refractivity contribution in [1.29, 1.82) is 5.26 Å². The molecule has 0 amide bonds. The molecule has 1 heterocycles. The van der Waals surface area contributed by atoms with Crippen molar-refractivity contribution < 1.29 is 0 Å². The number of hydrogen-bond donors (Lipinski definition) is 0. The quantitative estimate of drug-likeness (QED) is 0.793. The summed E-state index contributed by atoms with van der Waals surface area (Å²) >= 11 is 0. The molecule has 0 bridgehead atoms. The fourth-order valence-electron chi connectivity index (χ4n) is 3.69. The number of rotatable bonds is 2. The molecule has 1 aromatic carbocycles. The number of fused-ring (bicyclic) bond motifs is 1. The fourth-order valence-corrected chi connectivity index (χ4v) is 3.69. The van der Waals surface area contributed by atoms with Crippen molar-refractivity contribution in [2.24, 2.45) is 5.92 Å². The van der Waals surface area contributed by atoms with E-state index >= 15 is 0 Å². The minimum absolute atomic E-state index is 0.783. The van der Waals surface area contributed by atoms with Crippen molar-refractivity contribution in [3.8, 4) is 6.07 Å². The first kappa shape index (κ1) is 11.7. The molecule has 2 heteroatoms. The zero-order valence-electron chi connectivity index (χ0n) is 10.8. The third kappa shape index (κ3) is 2.15. The lowest BCUT2D eigenvalue weighted by atomic mass is 9.85. The SMILES string of the molecule is N#Cc1ccccc1CN1CCC2CCCCC21. The lowest BCUT2D eigenvalue weighted by Crippen LogP contribution is -2.34. The largest absolute Gasteiger partial charge is 0.296 e. The molecule has 2 fully saturated rings. The van der Waals surface area contributed by atoms with Gasteiger partial charge in [-0.25, -0.2) is 0 Å². The zero-order chi connectivity index (χ0) is 12.4. The highest BCUT2D eigenvalue weighted by molar-refractivity contribution is 5.37. The van der Waals surface area contributed by atoms with Crippen LogP contribution < -0.4 is 0 Å². The molecule has 2 unspecified atom stereocenters. The van der Waals surface area contributed by atoms with Gasteiger partial charge in [0.15, 0.2) is 0 Å². The highest BCUT2D eigenvalue weighted by Crippen LogP contribution is 2.36. The molecular weight excluding hydrogens is 220 g/mol. The Morgan fingerprint density at radius 3 is 2.89 bits per heavy atom. The summed E-state index contributed by atoms with van der Waals surface area (Å²) in [5.74, 6) is 0.924. The van der Waals surface area contributed by atoms with Crippen LogP contribution in [0.1, 0.15) is 43.2 Å². The first-order valence-electron chi connectivity index (χ1n) is 7.10. The lowest BCUT2D eigenvalue weighted by molar-refractivity contribution is 0.176. The normalized spacial score (nSPS) is 27.7. The zero-order valence-corrected chi connectivity index (χ0v) is 10.8. The van der Waals surface area contributed by atoms with Crippen LogP contribution in [0, 0.1) is 17.2 Å². The summed E-state index contributed by atoms with van der Waals surface area (Å²) in [4.78, 5) is 2.61. The molecule has 3 rings (SSSR count). The molecule has 1 aliphatic carbocycles. The van der Waals surface area contributed by atoms with E-state index in [9.17, 15) is 0 Å². The summed E-state index contributed by atoms with van der Waals surface area (Å²) in [5, 5.41) is 9.16. The van der Waals surface area contributed by atoms with Gasteiger partial charge in [-0.15, -0.1) is 0 Å².